The number of nitrogens with one attached hydrogen (secondary N) is 1. The second kappa shape index (κ2) is 5.71. The molecule has 0 aliphatic rings. The van der Waals surface area contributed by atoms with Gasteiger partial charge in [-0.25, -0.2) is 9.97 Å². The van der Waals surface area contributed by atoms with E-state index in [-0.39, 0.29) is 0 Å². The molecule has 104 valence electrons. The Bertz CT molecular complexity index is 754. The highest BCUT2D eigenvalue weighted by molar-refractivity contribution is 5.63. The SMILES string of the molecule is Cc1ccc(C)c(Nc2nccc(-c3cccnc3)n2)c1. The van der Waals surface area contributed by atoms with Crippen molar-refractivity contribution in [1.82, 2.24) is 15.0 Å². The van der Waals surface area contributed by atoms with E-state index in [4.69, 9.17) is 0 Å². The van der Waals surface area contributed by atoms with Crippen molar-refractivity contribution in [3.8, 4) is 11.3 Å². The zero-order valence-electron chi connectivity index (χ0n) is 12.0. The topological polar surface area (TPSA) is 50.7 Å². The minimum Gasteiger partial charge on any atom is -0.324 e. The number of aromatic nitrogens is 3. The molecule has 4 nitrogen and oxygen atoms in total. The summed E-state index contributed by atoms with van der Waals surface area (Å²) >= 11 is 0. The van der Waals surface area contributed by atoms with Gasteiger partial charge in [0.25, 0.3) is 0 Å². The van der Waals surface area contributed by atoms with E-state index in [9.17, 15) is 0 Å². The summed E-state index contributed by atoms with van der Waals surface area (Å²) < 4.78 is 0. The summed E-state index contributed by atoms with van der Waals surface area (Å²) in [7, 11) is 0. The summed E-state index contributed by atoms with van der Waals surface area (Å²) in [6.07, 6.45) is 5.30. The third kappa shape index (κ3) is 3.05. The van der Waals surface area contributed by atoms with Gasteiger partial charge in [-0.1, -0.05) is 12.1 Å². The van der Waals surface area contributed by atoms with Gasteiger partial charge in [0.15, 0.2) is 0 Å². The third-order valence-corrected chi connectivity index (χ3v) is 3.25. The molecule has 0 saturated heterocycles. The van der Waals surface area contributed by atoms with E-state index in [1.807, 2.05) is 18.2 Å². The molecule has 21 heavy (non-hydrogen) atoms. The summed E-state index contributed by atoms with van der Waals surface area (Å²) in [6, 6.07) is 12.0. The molecule has 4 heteroatoms. The van der Waals surface area contributed by atoms with Crippen molar-refractivity contribution < 1.29 is 0 Å². The normalized spacial score (nSPS) is 10.4. The predicted octanol–water partition coefficient (Wildman–Crippen LogP) is 3.90. The maximum atomic E-state index is 4.55. The van der Waals surface area contributed by atoms with E-state index >= 15 is 0 Å². The zero-order chi connectivity index (χ0) is 14.7. The highest BCUT2D eigenvalue weighted by atomic mass is 15.1. The van der Waals surface area contributed by atoms with Crippen LogP contribution < -0.4 is 5.32 Å². The van der Waals surface area contributed by atoms with Gasteiger partial charge in [-0.15, -0.1) is 0 Å². The predicted molar refractivity (Wildman–Crippen MR) is 84.5 cm³/mol. The number of hydrogen-bond acceptors (Lipinski definition) is 4. The minimum absolute atomic E-state index is 0.588. The first kappa shape index (κ1) is 13.2. The largest absolute Gasteiger partial charge is 0.324 e. The van der Waals surface area contributed by atoms with Gasteiger partial charge in [0.2, 0.25) is 5.95 Å². The van der Waals surface area contributed by atoms with Gasteiger partial charge < -0.3 is 5.32 Å². The molecule has 0 aliphatic carbocycles. The Hall–Kier alpha value is -2.75. The number of hydrogen-bond donors (Lipinski definition) is 1. The first-order valence-electron chi connectivity index (χ1n) is 6.80. The Labute approximate surface area is 123 Å². The van der Waals surface area contributed by atoms with Gasteiger partial charge in [0.05, 0.1) is 5.69 Å². The molecule has 0 bridgehead atoms. The lowest BCUT2D eigenvalue weighted by atomic mass is 10.1. The fraction of sp³-hybridized carbons (Fsp3) is 0.118. The summed E-state index contributed by atoms with van der Waals surface area (Å²) in [4.78, 5) is 13.0. The van der Waals surface area contributed by atoms with Crippen LogP contribution in [-0.4, -0.2) is 15.0 Å². The summed E-state index contributed by atoms with van der Waals surface area (Å²) in [5, 5.41) is 3.28. The Kier molecular flexibility index (Phi) is 3.60. The maximum absolute atomic E-state index is 4.55. The smallest absolute Gasteiger partial charge is 0.227 e. The van der Waals surface area contributed by atoms with Crippen molar-refractivity contribution >= 4 is 11.6 Å². The highest BCUT2D eigenvalue weighted by Gasteiger charge is 2.04. The fourth-order valence-electron chi connectivity index (χ4n) is 2.08. The molecule has 0 aliphatic heterocycles. The quantitative estimate of drug-likeness (QED) is 0.788. The molecule has 0 fully saturated rings. The van der Waals surface area contributed by atoms with Crippen molar-refractivity contribution in [3.05, 3.63) is 66.1 Å². The average Bonchev–Trinajstić information content (AvgIpc) is 2.52. The molecule has 0 unspecified atom stereocenters. The number of anilines is 2. The van der Waals surface area contributed by atoms with Gasteiger partial charge >= 0.3 is 0 Å². The average molecular weight is 276 g/mol. The highest BCUT2D eigenvalue weighted by Crippen LogP contribution is 2.21. The Morgan fingerprint density at radius 3 is 2.71 bits per heavy atom. The minimum atomic E-state index is 0.588. The summed E-state index contributed by atoms with van der Waals surface area (Å²) in [6.45, 7) is 4.13. The van der Waals surface area contributed by atoms with Crippen LogP contribution in [0.1, 0.15) is 11.1 Å². The number of nitrogens with zero attached hydrogens (tertiary/aromatic N) is 3. The van der Waals surface area contributed by atoms with E-state index in [0.29, 0.717) is 5.95 Å². The van der Waals surface area contributed by atoms with Crippen molar-refractivity contribution in [2.45, 2.75) is 13.8 Å². The van der Waals surface area contributed by atoms with Gasteiger partial charge in [-0.3, -0.25) is 4.98 Å². The molecule has 0 radical (unpaired) electrons. The van der Waals surface area contributed by atoms with Crippen molar-refractivity contribution in [2.24, 2.45) is 0 Å². The number of rotatable bonds is 3. The van der Waals surface area contributed by atoms with Crippen LogP contribution in [0.25, 0.3) is 11.3 Å². The van der Waals surface area contributed by atoms with Crippen LogP contribution in [-0.2, 0) is 0 Å². The monoisotopic (exact) mass is 276 g/mol. The second-order valence-electron chi connectivity index (χ2n) is 4.95. The van der Waals surface area contributed by atoms with Gasteiger partial charge in [-0.2, -0.15) is 0 Å². The number of pyridine rings is 1. The van der Waals surface area contributed by atoms with E-state index < -0.39 is 0 Å². The van der Waals surface area contributed by atoms with Crippen LogP contribution in [0.2, 0.25) is 0 Å². The second-order valence-corrected chi connectivity index (χ2v) is 4.95. The summed E-state index contributed by atoms with van der Waals surface area (Å²) in [5.41, 5.74) is 5.22. The molecule has 3 aromatic rings. The van der Waals surface area contributed by atoms with Crippen molar-refractivity contribution in [2.75, 3.05) is 5.32 Å². The van der Waals surface area contributed by atoms with Crippen LogP contribution in [0.5, 0.6) is 0 Å². The zero-order valence-corrected chi connectivity index (χ0v) is 12.0. The van der Waals surface area contributed by atoms with Gasteiger partial charge in [-0.05, 0) is 49.2 Å². The lowest BCUT2D eigenvalue weighted by Gasteiger charge is -2.10. The first-order chi connectivity index (χ1) is 10.2. The van der Waals surface area contributed by atoms with E-state index in [2.05, 4.69) is 52.3 Å². The van der Waals surface area contributed by atoms with Crippen LogP contribution in [0.4, 0.5) is 11.6 Å². The van der Waals surface area contributed by atoms with Crippen molar-refractivity contribution in [1.29, 1.82) is 0 Å². The molecule has 0 spiro atoms. The fourth-order valence-corrected chi connectivity index (χ4v) is 2.08. The molecule has 0 saturated carbocycles. The standard InChI is InChI=1S/C17H16N4/c1-12-5-6-13(2)16(10-12)21-17-19-9-7-15(20-17)14-4-3-8-18-11-14/h3-11H,1-2H3,(H,19,20,21). The van der Waals surface area contributed by atoms with Crippen LogP contribution in [0.15, 0.2) is 55.0 Å². The first-order valence-corrected chi connectivity index (χ1v) is 6.80. The summed E-state index contributed by atoms with van der Waals surface area (Å²) in [5.74, 6) is 0.588. The molecule has 2 aromatic heterocycles. The molecular weight excluding hydrogens is 260 g/mol. The lowest BCUT2D eigenvalue weighted by Crippen LogP contribution is -1.99. The van der Waals surface area contributed by atoms with Crippen molar-refractivity contribution in [3.63, 3.8) is 0 Å². The van der Waals surface area contributed by atoms with E-state index in [1.165, 1.54) is 5.56 Å². The molecule has 0 amide bonds. The molecule has 1 aromatic carbocycles. The Morgan fingerprint density at radius 1 is 1.00 bits per heavy atom. The molecular formula is C17H16N4. The van der Waals surface area contributed by atoms with Gasteiger partial charge in [0, 0.05) is 29.8 Å². The Morgan fingerprint density at radius 2 is 1.90 bits per heavy atom. The van der Waals surface area contributed by atoms with E-state index in [1.54, 1.807) is 18.6 Å². The number of aryl methyl sites for hydroxylation is 2. The molecule has 3 rings (SSSR count). The van der Waals surface area contributed by atoms with Crippen LogP contribution in [0.3, 0.4) is 0 Å². The molecule has 2 heterocycles. The van der Waals surface area contributed by atoms with E-state index in [0.717, 1.165) is 22.5 Å². The molecule has 1 N–H and O–H groups in total. The van der Waals surface area contributed by atoms with Crippen LogP contribution >= 0.6 is 0 Å². The van der Waals surface area contributed by atoms with Gasteiger partial charge in [0.1, 0.15) is 0 Å². The van der Waals surface area contributed by atoms with Crippen LogP contribution in [0, 0.1) is 13.8 Å². The third-order valence-electron chi connectivity index (χ3n) is 3.25. The molecule has 0 atom stereocenters. The maximum Gasteiger partial charge on any atom is 0.227 e. The number of benzene rings is 1. The lowest BCUT2D eigenvalue weighted by molar-refractivity contribution is 1.16. The Balaban J connectivity index is 1.92.